The van der Waals surface area contributed by atoms with Crippen molar-refractivity contribution in [2.45, 2.75) is 12.6 Å². The standard InChI is InChI=1S/C4H6O3.ClH/c1-2-6-4-3(5-1)7-4;/h3-4H,1-2H2;1H. The van der Waals surface area contributed by atoms with Gasteiger partial charge in [-0.1, -0.05) is 0 Å². The van der Waals surface area contributed by atoms with Gasteiger partial charge < -0.3 is 14.2 Å². The predicted octanol–water partition coefficient (Wildman–Crippen LogP) is 0.137. The molecule has 2 aliphatic heterocycles. The molecule has 2 unspecified atom stereocenters. The van der Waals surface area contributed by atoms with Crippen LogP contribution in [0.2, 0.25) is 0 Å². The second kappa shape index (κ2) is 2.19. The van der Waals surface area contributed by atoms with Crippen molar-refractivity contribution in [3.05, 3.63) is 0 Å². The van der Waals surface area contributed by atoms with Crippen molar-refractivity contribution >= 4 is 12.4 Å². The Balaban J connectivity index is 0.000000320. The molecular formula is C4H7ClO3. The van der Waals surface area contributed by atoms with Crippen molar-refractivity contribution in [3.8, 4) is 0 Å². The molecule has 0 aliphatic carbocycles. The Kier molecular flexibility index (Phi) is 1.72. The molecule has 2 heterocycles. The molecule has 8 heavy (non-hydrogen) atoms. The highest BCUT2D eigenvalue weighted by molar-refractivity contribution is 5.85. The summed E-state index contributed by atoms with van der Waals surface area (Å²) in [7, 11) is 0. The SMILES string of the molecule is C1COC2OC2O1.Cl. The third-order valence-corrected chi connectivity index (χ3v) is 1.06. The van der Waals surface area contributed by atoms with Crippen LogP contribution in [-0.2, 0) is 14.2 Å². The minimum atomic E-state index is -0.0197. The minimum Gasteiger partial charge on any atom is -0.345 e. The predicted molar refractivity (Wildman–Crippen MR) is 27.8 cm³/mol. The van der Waals surface area contributed by atoms with Crippen LogP contribution in [0.1, 0.15) is 0 Å². The Morgan fingerprint density at radius 1 is 1.00 bits per heavy atom. The fourth-order valence-electron chi connectivity index (χ4n) is 0.651. The Morgan fingerprint density at radius 2 is 1.50 bits per heavy atom. The summed E-state index contributed by atoms with van der Waals surface area (Å²) in [5, 5.41) is 0. The molecule has 0 radical (unpaired) electrons. The van der Waals surface area contributed by atoms with E-state index in [9.17, 15) is 0 Å². The maximum Gasteiger partial charge on any atom is 0.212 e. The molecular weight excluding hydrogens is 131 g/mol. The average molecular weight is 139 g/mol. The molecule has 2 rings (SSSR count). The molecule has 4 heteroatoms. The number of epoxide rings is 1. The molecule has 0 amide bonds. The summed E-state index contributed by atoms with van der Waals surface area (Å²) in [6.45, 7) is 1.36. The highest BCUT2D eigenvalue weighted by Gasteiger charge is 2.43. The average Bonchev–Trinajstić information content (AvgIpc) is 2.41. The Labute approximate surface area is 53.3 Å². The number of hydrogen-bond donors (Lipinski definition) is 0. The van der Waals surface area contributed by atoms with Gasteiger partial charge in [0.1, 0.15) is 0 Å². The first-order valence-corrected chi connectivity index (χ1v) is 2.35. The molecule has 0 bridgehead atoms. The molecule has 2 fully saturated rings. The lowest BCUT2D eigenvalue weighted by molar-refractivity contribution is -0.0376. The van der Waals surface area contributed by atoms with Crippen LogP contribution in [0.5, 0.6) is 0 Å². The fourth-order valence-corrected chi connectivity index (χ4v) is 0.651. The number of hydrogen-bond acceptors (Lipinski definition) is 3. The lowest BCUT2D eigenvalue weighted by Crippen LogP contribution is -2.16. The molecule has 0 saturated carbocycles. The first kappa shape index (κ1) is 6.29. The van der Waals surface area contributed by atoms with E-state index < -0.39 is 0 Å². The third kappa shape index (κ3) is 0.951. The highest BCUT2D eigenvalue weighted by atomic mass is 35.5. The van der Waals surface area contributed by atoms with Crippen molar-refractivity contribution in [1.82, 2.24) is 0 Å². The van der Waals surface area contributed by atoms with E-state index in [2.05, 4.69) is 0 Å². The zero-order valence-electron chi connectivity index (χ0n) is 4.20. The van der Waals surface area contributed by atoms with E-state index in [0.29, 0.717) is 13.2 Å². The van der Waals surface area contributed by atoms with E-state index in [0.717, 1.165) is 0 Å². The summed E-state index contributed by atoms with van der Waals surface area (Å²) < 4.78 is 14.8. The quantitative estimate of drug-likeness (QED) is 0.446. The molecule has 0 spiro atoms. The maximum atomic E-state index is 5.00. The normalized spacial score (nSPS) is 42.0. The summed E-state index contributed by atoms with van der Waals surface area (Å²) >= 11 is 0. The van der Waals surface area contributed by atoms with Crippen LogP contribution in [-0.4, -0.2) is 25.8 Å². The topological polar surface area (TPSA) is 31.0 Å². The lowest BCUT2D eigenvalue weighted by Gasteiger charge is -2.04. The van der Waals surface area contributed by atoms with Crippen LogP contribution in [0.25, 0.3) is 0 Å². The summed E-state index contributed by atoms with van der Waals surface area (Å²) in [5.41, 5.74) is 0. The summed E-state index contributed by atoms with van der Waals surface area (Å²) in [5.74, 6) is 0. The number of fused-ring (bicyclic) bond motifs is 1. The van der Waals surface area contributed by atoms with Gasteiger partial charge in [-0.25, -0.2) is 0 Å². The van der Waals surface area contributed by atoms with E-state index >= 15 is 0 Å². The molecule has 0 aromatic rings. The maximum absolute atomic E-state index is 5.00. The molecule has 2 saturated heterocycles. The molecule has 48 valence electrons. The van der Waals surface area contributed by atoms with E-state index in [1.807, 2.05) is 0 Å². The van der Waals surface area contributed by atoms with Crippen LogP contribution in [0.4, 0.5) is 0 Å². The van der Waals surface area contributed by atoms with Gasteiger partial charge in [-0.2, -0.15) is 0 Å². The number of halogens is 1. The summed E-state index contributed by atoms with van der Waals surface area (Å²) in [4.78, 5) is 0. The summed E-state index contributed by atoms with van der Waals surface area (Å²) in [6.07, 6.45) is -0.0394. The second-order valence-electron chi connectivity index (χ2n) is 1.61. The Hall–Kier alpha value is 0.170. The largest absolute Gasteiger partial charge is 0.345 e. The van der Waals surface area contributed by atoms with Gasteiger partial charge >= 0.3 is 0 Å². The fraction of sp³-hybridized carbons (Fsp3) is 1.00. The Morgan fingerprint density at radius 3 is 1.88 bits per heavy atom. The van der Waals surface area contributed by atoms with Crippen molar-refractivity contribution < 1.29 is 14.2 Å². The van der Waals surface area contributed by atoms with Crippen molar-refractivity contribution in [1.29, 1.82) is 0 Å². The highest BCUT2D eigenvalue weighted by Crippen LogP contribution is 2.26. The smallest absolute Gasteiger partial charge is 0.212 e. The van der Waals surface area contributed by atoms with Crippen LogP contribution in [0, 0.1) is 0 Å². The third-order valence-electron chi connectivity index (χ3n) is 1.06. The summed E-state index contributed by atoms with van der Waals surface area (Å²) in [6, 6.07) is 0. The van der Waals surface area contributed by atoms with Crippen LogP contribution >= 0.6 is 12.4 Å². The van der Waals surface area contributed by atoms with Crippen molar-refractivity contribution in [2.75, 3.05) is 13.2 Å². The molecule has 0 N–H and O–H groups in total. The molecule has 2 atom stereocenters. The van der Waals surface area contributed by atoms with E-state index in [4.69, 9.17) is 14.2 Å². The van der Waals surface area contributed by atoms with E-state index in [-0.39, 0.29) is 25.0 Å². The van der Waals surface area contributed by atoms with Crippen LogP contribution in [0.15, 0.2) is 0 Å². The molecule has 3 nitrogen and oxygen atoms in total. The monoisotopic (exact) mass is 138 g/mol. The molecule has 2 aliphatic rings. The lowest BCUT2D eigenvalue weighted by atomic mass is 10.6. The van der Waals surface area contributed by atoms with Gasteiger partial charge in [-0.3, -0.25) is 0 Å². The second-order valence-corrected chi connectivity index (χ2v) is 1.61. The van der Waals surface area contributed by atoms with Gasteiger partial charge in [-0.05, 0) is 0 Å². The molecule has 0 aromatic heterocycles. The van der Waals surface area contributed by atoms with Crippen molar-refractivity contribution in [3.63, 3.8) is 0 Å². The number of ether oxygens (including phenoxy) is 3. The van der Waals surface area contributed by atoms with Gasteiger partial charge in [0.25, 0.3) is 0 Å². The van der Waals surface area contributed by atoms with Crippen LogP contribution < -0.4 is 0 Å². The zero-order valence-corrected chi connectivity index (χ0v) is 5.02. The van der Waals surface area contributed by atoms with Gasteiger partial charge in [0, 0.05) is 0 Å². The van der Waals surface area contributed by atoms with Gasteiger partial charge in [0.05, 0.1) is 13.2 Å². The van der Waals surface area contributed by atoms with Crippen molar-refractivity contribution in [2.24, 2.45) is 0 Å². The minimum absolute atomic E-state index is 0. The first-order chi connectivity index (χ1) is 3.47. The van der Waals surface area contributed by atoms with E-state index in [1.165, 1.54) is 0 Å². The van der Waals surface area contributed by atoms with E-state index in [1.54, 1.807) is 0 Å². The Bertz CT molecular complexity index is 77.4. The van der Waals surface area contributed by atoms with Gasteiger partial charge in [0.15, 0.2) is 0 Å². The van der Waals surface area contributed by atoms with Crippen LogP contribution in [0.3, 0.4) is 0 Å². The molecule has 0 aromatic carbocycles. The van der Waals surface area contributed by atoms with Gasteiger partial charge in [0.2, 0.25) is 12.6 Å². The zero-order chi connectivity index (χ0) is 4.69. The van der Waals surface area contributed by atoms with Gasteiger partial charge in [-0.15, -0.1) is 12.4 Å². The first-order valence-electron chi connectivity index (χ1n) is 2.35. The number of rotatable bonds is 0.